The van der Waals surface area contributed by atoms with Gasteiger partial charge < -0.3 is 14.9 Å². The topological polar surface area (TPSA) is 69.4 Å². The zero-order chi connectivity index (χ0) is 14.9. The lowest BCUT2D eigenvalue weighted by Crippen LogP contribution is -2.19. The molecule has 2 aromatic rings. The molecule has 5 heteroatoms. The van der Waals surface area contributed by atoms with Gasteiger partial charge in [0.25, 0.3) is 0 Å². The smallest absolute Gasteiger partial charge is 0.144 e. The molecule has 0 saturated heterocycles. The number of nitrogen functional groups attached to an aromatic ring is 1. The van der Waals surface area contributed by atoms with Gasteiger partial charge in [-0.1, -0.05) is 20.8 Å². The summed E-state index contributed by atoms with van der Waals surface area (Å²) in [4.78, 5) is 4.58. The van der Waals surface area contributed by atoms with Crippen molar-refractivity contribution >= 4 is 16.7 Å². The molecule has 0 radical (unpaired) electrons. The first-order chi connectivity index (χ1) is 9.40. The molecular weight excluding hydrogens is 254 g/mol. The van der Waals surface area contributed by atoms with Crippen molar-refractivity contribution in [3.05, 3.63) is 23.8 Å². The van der Waals surface area contributed by atoms with E-state index < -0.39 is 0 Å². The molecule has 0 spiro atoms. The zero-order valence-corrected chi connectivity index (χ0v) is 12.6. The van der Waals surface area contributed by atoms with Crippen LogP contribution in [0.4, 0.5) is 5.82 Å². The third-order valence-corrected chi connectivity index (χ3v) is 3.27. The fraction of sp³-hybridized carbons (Fsp3) is 0.400. The lowest BCUT2D eigenvalue weighted by Gasteiger charge is -2.23. The number of pyridine rings is 1. The van der Waals surface area contributed by atoms with E-state index in [-0.39, 0.29) is 5.41 Å². The molecule has 1 aromatic heterocycles. The highest BCUT2D eigenvalue weighted by molar-refractivity contribution is 5.89. The number of hydrogen-bond acceptors (Lipinski definition) is 5. The number of hydrogen-bond donors (Lipinski definition) is 2. The summed E-state index contributed by atoms with van der Waals surface area (Å²) in [6.45, 7) is 6.35. The number of hydrazine groups is 1. The molecule has 5 nitrogen and oxygen atoms in total. The first kappa shape index (κ1) is 14.4. The summed E-state index contributed by atoms with van der Waals surface area (Å²) in [7, 11) is 3.26. The van der Waals surface area contributed by atoms with E-state index in [1.54, 1.807) is 14.2 Å². The Balaban J connectivity index is 2.80. The first-order valence-electron chi connectivity index (χ1n) is 6.44. The number of nitrogens with two attached hydrogens (primary N) is 1. The summed E-state index contributed by atoms with van der Waals surface area (Å²) in [5, 5.41) is 0.942. The Bertz CT molecular complexity index is 633. The van der Waals surface area contributed by atoms with Gasteiger partial charge in [0.2, 0.25) is 0 Å². The Labute approximate surface area is 119 Å². The third-order valence-electron chi connectivity index (χ3n) is 3.27. The number of rotatable bonds is 3. The van der Waals surface area contributed by atoms with Crippen molar-refractivity contribution in [3.63, 3.8) is 0 Å². The fourth-order valence-electron chi connectivity index (χ4n) is 2.19. The van der Waals surface area contributed by atoms with Crippen molar-refractivity contribution in [1.29, 1.82) is 0 Å². The molecule has 108 valence electrons. The van der Waals surface area contributed by atoms with Crippen LogP contribution in [0, 0.1) is 0 Å². The van der Waals surface area contributed by atoms with Crippen molar-refractivity contribution in [2.24, 2.45) is 5.84 Å². The largest absolute Gasteiger partial charge is 0.497 e. The Hall–Kier alpha value is -2.01. The second-order valence-corrected chi connectivity index (χ2v) is 5.68. The molecule has 0 saturated carbocycles. The predicted molar refractivity (Wildman–Crippen MR) is 81.4 cm³/mol. The summed E-state index contributed by atoms with van der Waals surface area (Å²) >= 11 is 0. The number of nitrogens with zero attached hydrogens (tertiary/aromatic N) is 1. The van der Waals surface area contributed by atoms with Gasteiger partial charge in [0.05, 0.1) is 19.7 Å². The Kier molecular flexibility index (Phi) is 3.72. The Morgan fingerprint density at radius 2 is 1.80 bits per heavy atom. The minimum absolute atomic E-state index is 0.0756. The molecule has 1 aromatic carbocycles. The van der Waals surface area contributed by atoms with Gasteiger partial charge >= 0.3 is 0 Å². The van der Waals surface area contributed by atoms with Gasteiger partial charge in [-0.2, -0.15) is 0 Å². The van der Waals surface area contributed by atoms with Gasteiger partial charge in [0.1, 0.15) is 17.3 Å². The standard InChI is InChI=1S/C15H21N3O2/c1-15(2,3)11-8-10-12(17-14(11)18-16)6-9(19-4)7-13(10)20-5/h6-8H,16H2,1-5H3,(H,17,18). The van der Waals surface area contributed by atoms with Crippen LogP contribution >= 0.6 is 0 Å². The minimum Gasteiger partial charge on any atom is -0.497 e. The highest BCUT2D eigenvalue weighted by atomic mass is 16.5. The summed E-state index contributed by atoms with van der Waals surface area (Å²) in [5.74, 6) is 7.71. The van der Waals surface area contributed by atoms with Crippen molar-refractivity contribution in [2.75, 3.05) is 19.6 Å². The number of benzene rings is 1. The maximum Gasteiger partial charge on any atom is 0.144 e. The van der Waals surface area contributed by atoms with E-state index in [1.165, 1.54) is 0 Å². The molecule has 0 aliphatic carbocycles. The number of ether oxygens (including phenoxy) is 2. The van der Waals surface area contributed by atoms with Crippen molar-refractivity contribution in [3.8, 4) is 11.5 Å². The van der Waals surface area contributed by atoms with Crippen LogP contribution in [0.5, 0.6) is 11.5 Å². The summed E-state index contributed by atoms with van der Waals surface area (Å²) in [6.07, 6.45) is 0. The van der Waals surface area contributed by atoms with Crippen LogP contribution in [-0.4, -0.2) is 19.2 Å². The highest BCUT2D eigenvalue weighted by Crippen LogP contribution is 2.36. The van der Waals surface area contributed by atoms with Crippen LogP contribution in [0.25, 0.3) is 10.9 Å². The number of fused-ring (bicyclic) bond motifs is 1. The van der Waals surface area contributed by atoms with Crippen LogP contribution in [0.15, 0.2) is 18.2 Å². The molecule has 0 aliphatic heterocycles. The van der Waals surface area contributed by atoms with E-state index >= 15 is 0 Å². The molecule has 0 aliphatic rings. The molecule has 0 unspecified atom stereocenters. The molecule has 0 amide bonds. The van der Waals surface area contributed by atoms with Gasteiger partial charge in [-0.25, -0.2) is 10.8 Å². The van der Waals surface area contributed by atoms with Crippen LogP contribution in [0.3, 0.4) is 0 Å². The van der Waals surface area contributed by atoms with Crippen LogP contribution in [0.1, 0.15) is 26.3 Å². The van der Waals surface area contributed by atoms with Gasteiger partial charge in [-0.05, 0) is 11.5 Å². The molecule has 0 fully saturated rings. The molecule has 3 N–H and O–H groups in total. The van der Waals surface area contributed by atoms with E-state index in [0.717, 1.165) is 22.2 Å². The number of nitrogens with one attached hydrogen (secondary N) is 1. The fourth-order valence-corrected chi connectivity index (χ4v) is 2.19. The van der Waals surface area contributed by atoms with E-state index in [4.69, 9.17) is 15.3 Å². The van der Waals surface area contributed by atoms with Crippen molar-refractivity contribution < 1.29 is 9.47 Å². The molecule has 2 rings (SSSR count). The van der Waals surface area contributed by atoms with Gasteiger partial charge in [-0.3, -0.25) is 0 Å². The molecule has 20 heavy (non-hydrogen) atoms. The first-order valence-corrected chi connectivity index (χ1v) is 6.44. The minimum atomic E-state index is -0.0756. The SMILES string of the molecule is COc1cc(OC)c2cc(C(C)(C)C)c(NN)nc2c1. The summed E-state index contributed by atoms with van der Waals surface area (Å²) in [5.41, 5.74) is 4.42. The van der Waals surface area contributed by atoms with Gasteiger partial charge in [0, 0.05) is 23.1 Å². The van der Waals surface area contributed by atoms with Crippen LogP contribution in [0.2, 0.25) is 0 Å². The average Bonchev–Trinajstić information content (AvgIpc) is 2.43. The summed E-state index contributed by atoms with van der Waals surface area (Å²) in [6, 6.07) is 5.78. The number of aromatic nitrogens is 1. The maximum absolute atomic E-state index is 5.60. The normalized spacial score (nSPS) is 11.5. The molecule has 0 atom stereocenters. The maximum atomic E-state index is 5.60. The lowest BCUT2D eigenvalue weighted by molar-refractivity contribution is 0.397. The van der Waals surface area contributed by atoms with Crippen LogP contribution in [-0.2, 0) is 5.41 Å². The highest BCUT2D eigenvalue weighted by Gasteiger charge is 2.21. The van der Waals surface area contributed by atoms with E-state index in [9.17, 15) is 0 Å². The lowest BCUT2D eigenvalue weighted by atomic mass is 9.86. The van der Waals surface area contributed by atoms with Gasteiger partial charge in [-0.15, -0.1) is 0 Å². The zero-order valence-electron chi connectivity index (χ0n) is 12.6. The predicted octanol–water partition coefficient (Wildman–Crippen LogP) is 2.84. The van der Waals surface area contributed by atoms with E-state index in [1.807, 2.05) is 12.1 Å². The Morgan fingerprint density at radius 1 is 1.10 bits per heavy atom. The second kappa shape index (κ2) is 5.17. The summed E-state index contributed by atoms with van der Waals surface area (Å²) < 4.78 is 10.7. The van der Waals surface area contributed by atoms with Crippen molar-refractivity contribution in [2.45, 2.75) is 26.2 Å². The Morgan fingerprint density at radius 3 is 2.30 bits per heavy atom. The van der Waals surface area contributed by atoms with E-state index in [2.05, 4.69) is 37.2 Å². The third kappa shape index (κ3) is 2.49. The van der Waals surface area contributed by atoms with E-state index in [0.29, 0.717) is 11.6 Å². The second-order valence-electron chi connectivity index (χ2n) is 5.68. The molecule has 0 bridgehead atoms. The molecular formula is C15H21N3O2. The molecule has 1 heterocycles. The monoisotopic (exact) mass is 275 g/mol. The van der Waals surface area contributed by atoms with Crippen LogP contribution < -0.4 is 20.7 Å². The average molecular weight is 275 g/mol. The van der Waals surface area contributed by atoms with Crippen molar-refractivity contribution in [1.82, 2.24) is 4.98 Å². The van der Waals surface area contributed by atoms with Gasteiger partial charge in [0.15, 0.2) is 0 Å². The quantitative estimate of drug-likeness (QED) is 0.666. The number of methoxy groups -OCH3 is 2. The number of anilines is 1.